The lowest BCUT2D eigenvalue weighted by Gasteiger charge is -2.13. The van der Waals surface area contributed by atoms with Gasteiger partial charge in [-0.1, -0.05) is 11.3 Å². The molecule has 0 atom stereocenters. The van der Waals surface area contributed by atoms with Gasteiger partial charge < -0.3 is 14.8 Å². The lowest BCUT2D eigenvalue weighted by Crippen LogP contribution is -2.19. The zero-order valence-electron chi connectivity index (χ0n) is 21.1. The summed E-state index contributed by atoms with van der Waals surface area (Å²) < 4.78 is 10.7. The van der Waals surface area contributed by atoms with Gasteiger partial charge in [0.25, 0.3) is 5.91 Å². The summed E-state index contributed by atoms with van der Waals surface area (Å²) >= 11 is 1.22. The van der Waals surface area contributed by atoms with Gasteiger partial charge in [0.1, 0.15) is 17.2 Å². The number of amides is 1. The van der Waals surface area contributed by atoms with E-state index in [0.717, 1.165) is 28.4 Å². The van der Waals surface area contributed by atoms with Crippen LogP contribution < -0.4 is 15.4 Å². The Morgan fingerprint density at radius 2 is 1.76 bits per heavy atom. The third-order valence-electron chi connectivity index (χ3n) is 5.62. The van der Waals surface area contributed by atoms with Crippen LogP contribution in [0, 0.1) is 25.7 Å². The molecule has 1 aliphatic rings. The molecule has 0 spiro atoms. The zero-order chi connectivity index (χ0) is 26.6. The molecule has 0 fully saturated rings. The minimum Gasteiger partial charge on any atom is -0.499 e. The first-order valence-electron chi connectivity index (χ1n) is 11.6. The fraction of sp³-hybridized carbons (Fsp3) is 0.185. The first kappa shape index (κ1) is 24.9. The van der Waals surface area contributed by atoms with Crippen molar-refractivity contribution in [1.82, 2.24) is 30.2 Å². The van der Waals surface area contributed by atoms with Crippen molar-refractivity contribution < 1.29 is 14.3 Å². The third-order valence-corrected chi connectivity index (χ3v) is 6.47. The van der Waals surface area contributed by atoms with Crippen molar-refractivity contribution in [3.05, 3.63) is 77.0 Å². The van der Waals surface area contributed by atoms with E-state index < -0.39 is 0 Å². The molecule has 0 radical (unpaired) electrons. The average molecular weight is 526 g/mol. The Morgan fingerprint density at radius 1 is 0.974 bits per heavy atom. The molecule has 0 saturated carbocycles. The standard InChI is InChI=1S/C27H23N7O3S/c1-15-9-20(21-10-16(2)29-14-23(21)37-4)22(13-28-15)25(35)34-27-33-24-26(38-27)32-18(11-31-24)6-5-17-7-8-19(36-3)12-30-17/h7-11,13-14,30H,12H2,1-4H3,(H,31,33,34,35). The van der Waals surface area contributed by atoms with Crippen LogP contribution in [0.1, 0.15) is 27.4 Å². The predicted octanol–water partition coefficient (Wildman–Crippen LogP) is 3.79. The van der Waals surface area contributed by atoms with Crippen molar-refractivity contribution in [3.8, 4) is 28.7 Å². The molecule has 1 amide bonds. The monoisotopic (exact) mass is 525 g/mol. The summed E-state index contributed by atoms with van der Waals surface area (Å²) in [6, 6.07) is 3.73. The number of allylic oxidation sites excluding steroid dienone is 3. The van der Waals surface area contributed by atoms with Crippen LogP contribution in [0.15, 0.2) is 54.3 Å². The lowest BCUT2D eigenvalue weighted by molar-refractivity contribution is 0.102. The van der Waals surface area contributed by atoms with Crippen molar-refractivity contribution in [3.63, 3.8) is 0 Å². The van der Waals surface area contributed by atoms with Crippen molar-refractivity contribution in [1.29, 1.82) is 0 Å². The molecule has 0 aliphatic carbocycles. The topological polar surface area (TPSA) is 124 Å². The number of aromatic nitrogens is 5. The lowest BCUT2D eigenvalue weighted by atomic mass is 9.99. The molecule has 4 aromatic heterocycles. The van der Waals surface area contributed by atoms with Crippen molar-refractivity contribution >= 4 is 32.9 Å². The number of dihydropyridines is 1. The number of thiazole rings is 1. The van der Waals surface area contributed by atoms with Gasteiger partial charge in [0, 0.05) is 28.7 Å². The Balaban J connectivity index is 1.40. The molecule has 10 nitrogen and oxygen atoms in total. The van der Waals surface area contributed by atoms with Gasteiger partial charge in [0.15, 0.2) is 15.6 Å². The molecule has 5 heterocycles. The highest BCUT2D eigenvalue weighted by molar-refractivity contribution is 7.21. The summed E-state index contributed by atoms with van der Waals surface area (Å²) in [4.78, 5) is 35.8. The normalized spacial score (nSPS) is 12.5. The van der Waals surface area contributed by atoms with Crippen LogP contribution >= 0.6 is 11.3 Å². The smallest absolute Gasteiger partial charge is 0.259 e. The van der Waals surface area contributed by atoms with Crippen molar-refractivity contribution in [2.45, 2.75) is 13.8 Å². The van der Waals surface area contributed by atoms with E-state index in [4.69, 9.17) is 9.47 Å². The second kappa shape index (κ2) is 10.7. The summed E-state index contributed by atoms with van der Waals surface area (Å²) in [5.41, 5.74) is 5.06. The highest BCUT2D eigenvalue weighted by Gasteiger charge is 2.19. The first-order chi connectivity index (χ1) is 18.4. The average Bonchev–Trinajstić information content (AvgIpc) is 3.33. The number of aryl methyl sites for hydroxylation is 2. The second-order valence-corrected chi connectivity index (χ2v) is 9.25. The second-order valence-electron chi connectivity index (χ2n) is 8.28. The maximum Gasteiger partial charge on any atom is 0.259 e. The van der Waals surface area contributed by atoms with E-state index >= 15 is 0 Å². The van der Waals surface area contributed by atoms with E-state index in [1.807, 2.05) is 38.1 Å². The zero-order valence-corrected chi connectivity index (χ0v) is 21.9. The van der Waals surface area contributed by atoms with Crippen molar-refractivity contribution in [2.24, 2.45) is 0 Å². The van der Waals surface area contributed by atoms with Crippen LogP contribution in [-0.4, -0.2) is 51.6 Å². The van der Waals surface area contributed by atoms with Crippen molar-refractivity contribution in [2.75, 3.05) is 26.1 Å². The Morgan fingerprint density at radius 3 is 2.50 bits per heavy atom. The fourth-order valence-corrected chi connectivity index (χ4v) is 4.51. The van der Waals surface area contributed by atoms with Gasteiger partial charge in [0.2, 0.25) is 0 Å². The van der Waals surface area contributed by atoms with E-state index in [2.05, 4.69) is 47.4 Å². The van der Waals surface area contributed by atoms with Crippen LogP contribution in [-0.2, 0) is 4.74 Å². The van der Waals surface area contributed by atoms with E-state index in [-0.39, 0.29) is 5.91 Å². The molecule has 5 rings (SSSR count). The minimum atomic E-state index is -0.359. The molecule has 0 bridgehead atoms. The number of methoxy groups -OCH3 is 2. The fourth-order valence-electron chi connectivity index (χ4n) is 3.72. The van der Waals surface area contributed by atoms with Crippen LogP contribution in [0.2, 0.25) is 0 Å². The molecule has 1 aliphatic heterocycles. The maximum atomic E-state index is 13.3. The molecule has 0 saturated heterocycles. The number of pyridine rings is 2. The number of ether oxygens (including phenoxy) is 2. The van der Waals surface area contributed by atoms with E-state index in [0.29, 0.717) is 44.7 Å². The highest BCUT2D eigenvalue weighted by Crippen LogP contribution is 2.33. The number of anilines is 1. The molecular formula is C27H23N7O3S. The van der Waals surface area contributed by atoms with Gasteiger partial charge in [-0.05, 0) is 50.0 Å². The number of rotatable bonds is 5. The maximum absolute atomic E-state index is 13.3. The Bertz CT molecular complexity index is 1680. The number of hydrogen-bond acceptors (Lipinski definition) is 10. The number of carbonyl (C=O) groups is 1. The largest absolute Gasteiger partial charge is 0.499 e. The summed E-state index contributed by atoms with van der Waals surface area (Å²) in [6.07, 6.45) is 8.46. The number of nitrogens with zero attached hydrogens (tertiary/aromatic N) is 5. The molecule has 2 N–H and O–H groups in total. The Kier molecular flexibility index (Phi) is 6.97. The summed E-state index contributed by atoms with van der Waals surface area (Å²) in [6.45, 7) is 4.32. The van der Waals surface area contributed by atoms with E-state index in [9.17, 15) is 4.79 Å². The minimum absolute atomic E-state index is 0.359. The number of nitrogens with one attached hydrogen (secondary N) is 2. The van der Waals surface area contributed by atoms with Crippen LogP contribution in [0.3, 0.4) is 0 Å². The highest BCUT2D eigenvalue weighted by atomic mass is 32.1. The van der Waals surface area contributed by atoms with Gasteiger partial charge in [-0.2, -0.15) is 4.98 Å². The van der Waals surface area contributed by atoms with Gasteiger partial charge in [-0.3, -0.25) is 20.1 Å². The van der Waals surface area contributed by atoms with E-state index in [1.165, 1.54) is 11.3 Å². The van der Waals surface area contributed by atoms with Crippen LogP contribution in [0.25, 0.3) is 21.6 Å². The Labute approximate surface area is 222 Å². The summed E-state index contributed by atoms with van der Waals surface area (Å²) in [5.74, 6) is 7.08. The molecule has 11 heteroatoms. The Hall–Kier alpha value is -4.82. The number of hydrogen-bond donors (Lipinski definition) is 2. The molecule has 190 valence electrons. The molecule has 0 aromatic carbocycles. The first-order valence-corrected chi connectivity index (χ1v) is 12.4. The molecule has 0 unspecified atom stereocenters. The molecule has 4 aromatic rings. The number of fused-ring (bicyclic) bond motifs is 1. The van der Waals surface area contributed by atoms with Gasteiger partial charge in [-0.15, -0.1) is 0 Å². The van der Waals surface area contributed by atoms with E-state index in [1.54, 1.807) is 32.8 Å². The van der Waals surface area contributed by atoms with Crippen LogP contribution in [0.5, 0.6) is 5.75 Å². The summed E-state index contributed by atoms with van der Waals surface area (Å²) in [5, 5.41) is 6.40. The SMILES string of the molecule is COC1=CC=C(C#Cc2cnc3nc(NC(=O)c4cnc(C)cc4-c4cc(C)ncc4OC)sc3n2)NC1. The predicted molar refractivity (Wildman–Crippen MR) is 145 cm³/mol. The quantitative estimate of drug-likeness (QED) is 0.375. The molecular weight excluding hydrogens is 502 g/mol. The summed E-state index contributed by atoms with van der Waals surface area (Å²) in [7, 11) is 3.20. The van der Waals surface area contributed by atoms with Gasteiger partial charge in [-0.25, -0.2) is 9.97 Å². The van der Waals surface area contributed by atoms with Gasteiger partial charge in [0.05, 0.1) is 44.4 Å². The number of carbonyl (C=O) groups excluding carboxylic acids is 1. The van der Waals surface area contributed by atoms with Gasteiger partial charge >= 0.3 is 0 Å². The third kappa shape index (κ3) is 5.30. The van der Waals surface area contributed by atoms with Crippen LogP contribution in [0.4, 0.5) is 5.13 Å². The molecule has 38 heavy (non-hydrogen) atoms.